The van der Waals surface area contributed by atoms with E-state index in [4.69, 9.17) is 14.2 Å². The van der Waals surface area contributed by atoms with Gasteiger partial charge in [0, 0.05) is 19.2 Å². The summed E-state index contributed by atoms with van der Waals surface area (Å²) in [4.78, 5) is 25.5. The Morgan fingerprint density at radius 3 is 2.42 bits per heavy atom. The van der Waals surface area contributed by atoms with Crippen LogP contribution in [-0.2, 0) is 19.1 Å². The first-order valence-electron chi connectivity index (χ1n) is 7.90. The molecule has 0 aliphatic carbocycles. The van der Waals surface area contributed by atoms with Crippen molar-refractivity contribution in [2.45, 2.75) is 26.1 Å². The van der Waals surface area contributed by atoms with Gasteiger partial charge < -0.3 is 19.1 Å². The predicted octanol–water partition coefficient (Wildman–Crippen LogP) is 1.89. The second-order valence-electron chi connectivity index (χ2n) is 5.77. The number of methoxy groups -OCH3 is 1. The molecule has 1 amide bonds. The Hall–Kier alpha value is -2.34. The quantitative estimate of drug-likeness (QED) is 0.608. The van der Waals surface area contributed by atoms with Crippen LogP contribution in [0.25, 0.3) is 6.08 Å². The lowest BCUT2D eigenvalue weighted by Crippen LogP contribution is -2.49. The Kier molecular flexibility index (Phi) is 6.37. The molecule has 130 valence electrons. The Balaban J connectivity index is 1.79. The topological polar surface area (TPSA) is 65.1 Å². The van der Waals surface area contributed by atoms with Gasteiger partial charge in [0.05, 0.1) is 19.3 Å². The minimum absolute atomic E-state index is 0.0108. The van der Waals surface area contributed by atoms with Crippen molar-refractivity contribution in [3.05, 3.63) is 35.9 Å². The number of carbonyl (C=O) groups excluding carboxylic acids is 2. The van der Waals surface area contributed by atoms with E-state index in [1.165, 1.54) is 6.08 Å². The third-order valence-corrected chi connectivity index (χ3v) is 3.64. The summed E-state index contributed by atoms with van der Waals surface area (Å²) in [6.45, 7) is 4.61. The van der Waals surface area contributed by atoms with Crippen molar-refractivity contribution < 1.29 is 23.8 Å². The van der Waals surface area contributed by atoms with Gasteiger partial charge in [-0.2, -0.15) is 0 Å². The molecular weight excluding hydrogens is 310 g/mol. The van der Waals surface area contributed by atoms with Crippen LogP contribution in [0.15, 0.2) is 30.3 Å². The highest BCUT2D eigenvalue weighted by Crippen LogP contribution is 2.13. The highest BCUT2D eigenvalue weighted by Gasteiger charge is 2.26. The Labute approximate surface area is 142 Å². The van der Waals surface area contributed by atoms with Gasteiger partial charge in [0.25, 0.3) is 5.91 Å². The number of carbonyl (C=O) groups is 2. The standard InChI is InChI=1S/C18H23NO5/c1-13-10-19(11-14(2)24-13)17(20)12-23-18(21)9-6-15-4-7-16(22-3)8-5-15/h4-9,13-14H,10-12H2,1-3H3/b9-6+/t13-,14+. The maximum atomic E-state index is 12.1. The zero-order valence-corrected chi connectivity index (χ0v) is 14.2. The molecule has 1 heterocycles. The van der Waals surface area contributed by atoms with E-state index >= 15 is 0 Å². The van der Waals surface area contributed by atoms with Gasteiger partial charge in [-0.15, -0.1) is 0 Å². The van der Waals surface area contributed by atoms with Crippen LogP contribution in [0.1, 0.15) is 19.4 Å². The molecular formula is C18H23NO5. The SMILES string of the molecule is COc1ccc(/C=C/C(=O)OCC(=O)N2C[C@@H](C)O[C@@H](C)C2)cc1. The molecule has 1 aromatic carbocycles. The number of nitrogens with zero attached hydrogens (tertiary/aromatic N) is 1. The molecule has 6 nitrogen and oxygen atoms in total. The fraction of sp³-hybridized carbons (Fsp3) is 0.444. The summed E-state index contributed by atoms with van der Waals surface area (Å²) in [6, 6.07) is 7.25. The molecule has 1 aromatic rings. The molecule has 0 saturated carbocycles. The molecule has 1 aliphatic rings. The Morgan fingerprint density at radius 1 is 1.21 bits per heavy atom. The number of amides is 1. The summed E-state index contributed by atoms with van der Waals surface area (Å²) in [7, 11) is 1.59. The van der Waals surface area contributed by atoms with E-state index in [0.717, 1.165) is 11.3 Å². The lowest BCUT2D eigenvalue weighted by molar-refractivity contribution is -0.154. The second kappa shape index (κ2) is 8.49. The van der Waals surface area contributed by atoms with E-state index in [0.29, 0.717) is 13.1 Å². The molecule has 6 heteroatoms. The number of benzene rings is 1. The van der Waals surface area contributed by atoms with Gasteiger partial charge in [-0.25, -0.2) is 4.79 Å². The van der Waals surface area contributed by atoms with Gasteiger partial charge >= 0.3 is 5.97 Å². The lowest BCUT2D eigenvalue weighted by atomic mass is 10.2. The van der Waals surface area contributed by atoms with Crippen LogP contribution in [0.2, 0.25) is 0 Å². The van der Waals surface area contributed by atoms with Crippen LogP contribution >= 0.6 is 0 Å². The zero-order chi connectivity index (χ0) is 17.5. The van der Waals surface area contributed by atoms with Gasteiger partial charge in [-0.3, -0.25) is 4.79 Å². The number of hydrogen-bond donors (Lipinski definition) is 0. The minimum Gasteiger partial charge on any atom is -0.497 e. The zero-order valence-electron chi connectivity index (χ0n) is 14.2. The van der Waals surface area contributed by atoms with Crippen molar-refractivity contribution >= 4 is 18.0 Å². The summed E-state index contributed by atoms with van der Waals surface area (Å²) in [6.07, 6.45) is 2.91. The molecule has 0 bridgehead atoms. The summed E-state index contributed by atoms with van der Waals surface area (Å²) >= 11 is 0. The molecule has 2 rings (SSSR count). The van der Waals surface area contributed by atoms with Crippen LogP contribution in [-0.4, -0.2) is 55.8 Å². The predicted molar refractivity (Wildman–Crippen MR) is 89.6 cm³/mol. The number of morpholine rings is 1. The van der Waals surface area contributed by atoms with Crippen LogP contribution in [0, 0.1) is 0 Å². The Bertz CT molecular complexity index is 586. The van der Waals surface area contributed by atoms with Crippen molar-refractivity contribution in [1.29, 1.82) is 0 Å². The van der Waals surface area contributed by atoms with Crippen molar-refractivity contribution in [2.24, 2.45) is 0 Å². The van der Waals surface area contributed by atoms with Gasteiger partial charge in [0.1, 0.15) is 5.75 Å². The molecule has 0 spiro atoms. The molecule has 0 N–H and O–H groups in total. The fourth-order valence-electron chi connectivity index (χ4n) is 2.53. The second-order valence-corrected chi connectivity index (χ2v) is 5.77. The van der Waals surface area contributed by atoms with Gasteiger partial charge in [-0.05, 0) is 37.6 Å². The summed E-state index contributed by atoms with van der Waals surface area (Å²) in [5.41, 5.74) is 0.843. The summed E-state index contributed by atoms with van der Waals surface area (Å²) in [5.74, 6) is -0.00832. The van der Waals surface area contributed by atoms with Crippen LogP contribution < -0.4 is 4.74 Å². The normalized spacial score (nSPS) is 20.9. The van der Waals surface area contributed by atoms with E-state index < -0.39 is 5.97 Å². The van der Waals surface area contributed by atoms with Crippen molar-refractivity contribution in [1.82, 2.24) is 4.90 Å². The number of hydrogen-bond acceptors (Lipinski definition) is 5. The molecule has 24 heavy (non-hydrogen) atoms. The number of esters is 1. The summed E-state index contributed by atoms with van der Waals surface area (Å²) in [5, 5.41) is 0. The fourth-order valence-corrected chi connectivity index (χ4v) is 2.53. The van der Waals surface area contributed by atoms with E-state index in [2.05, 4.69) is 0 Å². The molecule has 0 aromatic heterocycles. The maximum absolute atomic E-state index is 12.1. The van der Waals surface area contributed by atoms with E-state index in [1.807, 2.05) is 26.0 Å². The van der Waals surface area contributed by atoms with Gasteiger partial charge in [-0.1, -0.05) is 12.1 Å². The highest BCUT2D eigenvalue weighted by atomic mass is 16.5. The molecule has 1 aliphatic heterocycles. The molecule has 0 radical (unpaired) electrons. The number of rotatable bonds is 5. The van der Waals surface area contributed by atoms with E-state index in [-0.39, 0.29) is 24.7 Å². The van der Waals surface area contributed by atoms with Crippen LogP contribution in [0.3, 0.4) is 0 Å². The number of ether oxygens (including phenoxy) is 3. The Morgan fingerprint density at radius 2 is 1.83 bits per heavy atom. The third-order valence-electron chi connectivity index (χ3n) is 3.64. The largest absolute Gasteiger partial charge is 0.497 e. The average molecular weight is 333 g/mol. The average Bonchev–Trinajstić information content (AvgIpc) is 2.57. The minimum atomic E-state index is -0.548. The van der Waals surface area contributed by atoms with Crippen LogP contribution in [0.5, 0.6) is 5.75 Å². The molecule has 1 saturated heterocycles. The lowest BCUT2D eigenvalue weighted by Gasteiger charge is -2.35. The molecule has 0 unspecified atom stereocenters. The van der Waals surface area contributed by atoms with Gasteiger partial charge in [0.2, 0.25) is 0 Å². The van der Waals surface area contributed by atoms with Gasteiger partial charge in [0.15, 0.2) is 6.61 Å². The first-order valence-corrected chi connectivity index (χ1v) is 7.90. The van der Waals surface area contributed by atoms with Crippen molar-refractivity contribution in [2.75, 3.05) is 26.8 Å². The monoisotopic (exact) mass is 333 g/mol. The van der Waals surface area contributed by atoms with Crippen LogP contribution in [0.4, 0.5) is 0 Å². The first kappa shape index (κ1) is 18.0. The smallest absolute Gasteiger partial charge is 0.331 e. The highest BCUT2D eigenvalue weighted by molar-refractivity contribution is 5.89. The van der Waals surface area contributed by atoms with Crippen molar-refractivity contribution in [3.8, 4) is 5.75 Å². The maximum Gasteiger partial charge on any atom is 0.331 e. The third kappa shape index (κ3) is 5.38. The summed E-state index contributed by atoms with van der Waals surface area (Å²) < 4.78 is 15.7. The van der Waals surface area contributed by atoms with Crippen molar-refractivity contribution in [3.63, 3.8) is 0 Å². The van der Waals surface area contributed by atoms with E-state index in [9.17, 15) is 9.59 Å². The van der Waals surface area contributed by atoms with E-state index in [1.54, 1.807) is 30.2 Å². The molecule has 2 atom stereocenters. The first-order chi connectivity index (χ1) is 11.5. The molecule has 1 fully saturated rings.